The van der Waals surface area contributed by atoms with E-state index >= 15 is 0 Å². The van der Waals surface area contributed by atoms with Crippen molar-refractivity contribution in [2.24, 2.45) is 11.8 Å². The third-order valence-electron chi connectivity index (χ3n) is 6.45. The summed E-state index contributed by atoms with van der Waals surface area (Å²) < 4.78 is 0. The molecule has 1 heterocycles. The molecule has 2 aliphatic rings. The van der Waals surface area contributed by atoms with E-state index in [2.05, 4.69) is 16.7 Å². The number of nitrogens with one attached hydrogen (secondary N) is 2. The molecule has 2 fully saturated rings. The van der Waals surface area contributed by atoms with E-state index in [4.69, 9.17) is 16.7 Å². The second kappa shape index (κ2) is 12.1. The van der Waals surface area contributed by atoms with Crippen LogP contribution in [-0.4, -0.2) is 53.5 Å². The van der Waals surface area contributed by atoms with Crippen molar-refractivity contribution < 1.29 is 19.5 Å². The van der Waals surface area contributed by atoms with E-state index in [9.17, 15) is 14.4 Å². The number of nitrogens with zero attached hydrogens (tertiary/aromatic N) is 1. The number of hydrogen-bond donors (Lipinski definition) is 3. The number of unbranched alkanes of at least 4 members (excludes halogenated alkanes) is 3. The molecule has 8 heteroatoms. The minimum atomic E-state index is -0.704. The van der Waals surface area contributed by atoms with Gasteiger partial charge in [-0.2, -0.15) is 0 Å². The Kier molecular flexibility index (Phi) is 9.18. The van der Waals surface area contributed by atoms with E-state index in [1.165, 1.54) is 0 Å². The molecule has 3 N–H and O–H groups in total. The van der Waals surface area contributed by atoms with Gasteiger partial charge in [0.2, 0.25) is 11.8 Å². The van der Waals surface area contributed by atoms with Crippen LogP contribution in [0.4, 0.5) is 5.69 Å². The van der Waals surface area contributed by atoms with Crippen molar-refractivity contribution in [3.8, 4) is 0 Å². The summed E-state index contributed by atoms with van der Waals surface area (Å²) in [6.45, 7) is 0.591. The first kappa shape index (κ1) is 25.1. The Morgan fingerprint density at radius 2 is 2.09 bits per heavy atom. The number of amides is 2. The van der Waals surface area contributed by atoms with Gasteiger partial charge in [0.25, 0.3) is 0 Å². The molecule has 1 aliphatic heterocycles. The number of halogens is 1. The van der Waals surface area contributed by atoms with Crippen molar-refractivity contribution in [2.75, 3.05) is 18.9 Å². The summed E-state index contributed by atoms with van der Waals surface area (Å²) >= 11 is 6.12. The number of likely N-dealkylation sites (N-methyl/N-ethyl adjacent to an activating group) is 1. The lowest BCUT2D eigenvalue weighted by Gasteiger charge is -2.29. The van der Waals surface area contributed by atoms with E-state index < -0.39 is 18.1 Å². The van der Waals surface area contributed by atoms with Crippen molar-refractivity contribution in [3.05, 3.63) is 41.4 Å². The lowest BCUT2D eigenvalue weighted by Crippen LogP contribution is -2.50. The van der Waals surface area contributed by atoms with Gasteiger partial charge < -0.3 is 20.6 Å². The molecule has 0 aromatic heterocycles. The molecular formula is C25H34ClN3O4. The number of carbonyl (C=O) groups excluding carboxylic acids is 2. The smallest absolute Gasteiger partial charge is 0.307 e. The predicted octanol–water partition coefficient (Wildman–Crippen LogP) is 4.08. The maximum atomic E-state index is 13.4. The summed E-state index contributed by atoms with van der Waals surface area (Å²) in [6, 6.07) is 6.49. The number of carboxylic acids is 1. The zero-order chi connectivity index (χ0) is 23.8. The molecule has 1 aromatic carbocycles. The lowest BCUT2D eigenvalue weighted by molar-refractivity contribution is -0.139. The minimum absolute atomic E-state index is 0.0468. The van der Waals surface area contributed by atoms with Crippen LogP contribution in [0.1, 0.15) is 51.4 Å². The lowest BCUT2D eigenvalue weighted by atomic mass is 10.0. The fourth-order valence-electron chi connectivity index (χ4n) is 4.48. The molecule has 33 heavy (non-hydrogen) atoms. The molecule has 0 bridgehead atoms. The zero-order valence-corrected chi connectivity index (χ0v) is 19.9. The van der Waals surface area contributed by atoms with Crippen LogP contribution in [0.2, 0.25) is 5.02 Å². The van der Waals surface area contributed by atoms with Crippen molar-refractivity contribution in [1.29, 1.82) is 0 Å². The van der Waals surface area contributed by atoms with Gasteiger partial charge in [0.1, 0.15) is 12.1 Å². The third kappa shape index (κ3) is 7.22. The Balaban J connectivity index is 1.52. The van der Waals surface area contributed by atoms with E-state index in [-0.39, 0.29) is 23.7 Å². The number of aliphatic carboxylic acids is 1. The van der Waals surface area contributed by atoms with Crippen LogP contribution in [0.25, 0.3) is 0 Å². The van der Waals surface area contributed by atoms with Gasteiger partial charge in [-0.05, 0) is 62.6 Å². The van der Waals surface area contributed by atoms with Crippen LogP contribution in [0.15, 0.2) is 36.4 Å². The highest BCUT2D eigenvalue weighted by molar-refractivity contribution is 6.30. The first-order chi connectivity index (χ1) is 15.9. The van der Waals surface area contributed by atoms with Gasteiger partial charge in [-0.3, -0.25) is 14.4 Å². The Labute approximate surface area is 200 Å². The SMILES string of the molecule is CNC(=O)[C@@H]1CCCN1C(=O)[C@H](CCCCC/C=C\[C@@H]1C[C@@H]1C(=O)O)Nc1cccc(Cl)c1. The van der Waals surface area contributed by atoms with E-state index in [1.54, 1.807) is 24.1 Å². The van der Waals surface area contributed by atoms with Gasteiger partial charge >= 0.3 is 5.97 Å². The number of allylic oxidation sites excluding steroid dienone is 2. The van der Waals surface area contributed by atoms with Crippen molar-refractivity contribution in [2.45, 2.75) is 63.5 Å². The predicted molar refractivity (Wildman–Crippen MR) is 129 cm³/mol. The molecule has 0 unspecified atom stereocenters. The molecule has 4 atom stereocenters. The van der Waals surface area contributed by atoms with Crippen LogP contribution in [-0.2, 0) is 14.4 Å². The number of likely N-dealkylation sites (tertiary alicyclic amines) is 1. The highest BCUT2D eigenvalue weighted by Crippen LogP contribution is 2.39. The molecule has 180 valence electrons. The Bertz CT molecular complexity index is 875. The molecule has 7 nitrogen and oxygen atoms in total. The second-order valence-corrected chi connectivity index (χ2v) is 9.36. The average molecular weight is 476 g/mol. The van der Waals surface area contributed by atoms with Gasteiger partial charge in [-0.15, -0.1) is 0 Å². The van der Waals surface area contributed by atoms with Crippen LogP contribution in [0.5, 0.6) is 0 Å². The van der Waals surface area contributed by atoms with Gasteiger partial charge in [0.05, 0.1) is 5.92 Å². The van der Waals surface area contributed by atoms with Crippen molar-refractivity contribution in [1.82, 2.24) is 10.2 Å². The number of anilines is 1. The van der Waals surface area contributed by atoms with E-state index in [1.807, 2.05) is 18.2 Å². The summed E-state index contributed by atoms with van der Waals surface area (Å²) in [5.74, 6) is -0.872. The van der Waals surface area contributed by atoms with E-state index in [0.717, 1.165) is 44.2 Å². The summed E-state index contributed by atoms with van der Waals surface area (Å²) in [4.78, 5) is 38.2. The Hall–Kier alpha value is -2.54. The largest absolute Gasteiger partial charge is 0.481 e. The number of carbonyl (C=O) groups is 3. The highest BCUT2D eigenvalue weighted by atomic mass is 35.5. The summed E-state index contributed by atoms with van der Waals surface area (Å²) in [7, 11) is 1.60. The third-order valence-corrected chi connectivity index (χ3v) is 6.69. The Morgan fingerprint density at radius 3 is 2.79 bits per heavy atom. The number of hydrogen-bond acceptors (Lipinski definition) is 4. The van der Waals surface area contributed by atoms with Crippen molar-refractivity contribution in [3.63, 3.8) is 0 Å². The topological polar surface area (TPSA) is 98.7 Å². The summed E-state index contributed by atoms with van der Waals surface area (Å²) in [5.41, 5.74) is 0.789. The highest BCUT2D eigenvalue weighted by Gasteiger charge is 2.41. The first-order valence-electron chi connectivity index (χ1n) is 11.8. The molecule has 1 aliphatic carbocycles. The number of benzene rings is 1. The molecule has 2 amide bonds. The van der Waals surface area contributed by atoms with E-state index in [0.29, 0.717) is 24.4 Å². The van der Waals surface area contributed by atoms with Gasteiger partial charge in [-0.1, -0.05) is 42.7 Å². The first-order valence-corrected chi connectivity index (χ1v) is 12.2. The van der Waals surface area contributed by atoms with Gasteiger partial charge in [0, 0.05) is 24.3 Å². The fraction of sp³-hybridized carbons (Fsp3) is 0.560. The normalized spacial score (nSPS) is 22.8. The monoisotopic (exact) mass is 475 g/mol. The number of carboxylic acid groups (broad SMARTS) is 1. The van der Waals surface area contributed by atoms with Crippen LogP contribution < -0.4 is 10.6 Å². The second-order valence-electron chi connectivity index (χ2n) is 8.92. The van der Waals surface area contributed by atoms with Crippen molar-refractivity contribution >= 4 is 35.1 Å². The Morgan fingerprint density at radius 1 is 1.27 bits per heavy atom. The average Bonchev–Trinajstić information content (AvgIpc) is 3.41. The molecule has 0 spiro atoms. The van der Waals surface area contributed by atoms with Crippen LogP contribution in [0, 0.1) is 11.8 Å². The molecule has 3 rings (SSSR count). The molecule has 1 aromatic rings. The molecular weight excluding hydrogens is 442 g/mol. The molecule has 0 radical (unpaired) electrons. The van der Waals surface area contributed by atoms with Gasteiger partial charge in [-0.25, -0.2) is 0 Å². The molecule has 1 saturated heterocycles. The quantitative estimate of drug-likeness (QED) is 0.312. The minimum Gasteiger partial charge on any atom is -0.481 e. The maximum Gasteiger partial charge on any atom is 0.307 e. The summed E-state index contributed by atoms with van der Waals surface area (Å²) in [6.07, 6.45) is 10.8. The number of rotatable bonds is 12. The molecule has 1 saturated carbocycles. The van der Waals surface area contributed by atoms with Gasteiger partial charge in [0.15, 0.2) is 0 Å². The van der Waals surface area contributed by atoms with Crippen LogP contribution in [0.3, 0.4) is 0 Å². The van der Waals surface area contributed by atoms with Crippen LogP contribution >= 0.6 is 11.6 Å². The standard InChI is InChI=1S/C25H34ClN3O4/c1-27-23(30)22-13-8-14-29(22)24(31)21(28-19-11-7-10-18(26)16-19)12-6-4-2-3-5-9-17-15-20(17)25(32)33/h5,7,9-11,16-17,20-22,28H,2-4,6,8,12-15H2,1H3,(H,27,30)(H,32,33)/b9-5-/t17-,20+,21+,22+/m1/s1. The fourth-order valence-corrected chi connectivity index (χ4v) is 4.67. The zero-order valence-electron chi connectivity index (χ0n) is 19.1. The summed E-state index contributed by atoms with van der Waals surface area (Å²) in [5, 5.41) is 15.6. The maximum absolute atomic E-state index is 13.4.